The Bertz CT molecular complexity index is 555. The molecule has 2 heterocycles. The molecule has 2 aromatic rings. The summed E-state index contributed by atoms with van der Waals surface area (Å²) in [5.74, 6) is -0.152. The van der Waals surface area contributed by atoms with Crippen molar-refractivity contribution in [1.82, 2.24) is 9.97 Å². The van der Waals surface area contributed by atoms with Crippen LogP contribution in [0.15, 0.2) is 23.7 Å². The third-order valence-corrected chi connectivity index (χ3v) is 4.62. The lowest BCUT2D eigenvalue weighted by Gasteiger charge is -2.36. The zero-order chi connectivity index (χ0) is 12.6. The van der Waals surface area contributed by atoms with E-state index in [-0.39, 0.29) is 5.97 Å². The molecule has 0 bridgehead atoms. The maximum atomic E-state index is 11.9. The Morgan fingerprint density at radius 3 is 2.94 bits per heavy atom. The van der Waals surface area contributed by atoms with Crippen LogP contribution in [0.5, 0.6) is 0 Å². The number of thiazole rings is 1. The summed E-state index contributed by atoms with van der Waals surface area (Å²) in [6.45, 7) is 0. The first-order valence-corrected chi connectivity index (χ1v) is 6.82. The number of esters is 1. The van der Waals surface area contributed by atoms with Crippen molar-refractivity contribution in [1.29, 1.82) is 0 Å². The van der Waals surface area contributed by atoms with E-state index in [9.17, 15) is 4.79 Å². The first-order valence-electron chi connectivity index (χ1n) is 5.94. The predicted octanol–water partition coefficient (Wildman–Crippen LogP) is 2.73. The van der Waals surface area contributed by atoms with Gasteiger partial charge in [0.2, 0.25) is 0 Å². The van der Waals surface area contributed by atoms with Crippen LogP contribution in [0.2, 0.25) is 0 Å². The van der Waals surface area contributed by atoms with Crippen LogP contribution in [0.4, 0.5) is 0 Å². The van der Waals surface area contributed by atoms with Crippen LogP contribution >= 0.6 is 11.3 Å². The molecule has 0 atom stereocenters. The van der Waals surface area contributed by atoms with Gasteiger partial charge in [0.1, 0.15) is 10.4 Å². The summed E-state index contributed by atoms with van der Waals surface area (Å²) < 4.78 is 4.93. The molecule has 1 aliphatic rings. The van der Waals surface area contributed by atoms with Crippen molar-refractivity contribution in [2.24, 2.45) is 0 Å². The molecule has 2 aromatic heterocycles. The second-order valence-electron chi connectivity index (χ2n) is 4.55. The Balaban J connectivity index is 1.95. The van der Waals surface area contributed by atoms with Gasteiger partial charge in [0.25, 0.3) is 0 Å². The summed E-state index contributed by atoms with van der Waals surface area (Å²) in [5.41, 5.74) is 1.40. The predicted molar refractivity (Wildman–Crippen MR) is 69.4 cm³/mol. The van der Waals surface area contributed by atoms with Gasteiger partial charge in [-0.05, 0) is 25.0 Å². The number of H-pyrrole nitrogens is 1. The van der Waals surface area contributed by atoms with Crippen molar-refractivity contribution in [3.05, 3.63) is 28.7 Å². The Hall–Kier alpha value is -1.62. The molecule has 5 heteroatoms. The Morgan fingerprint density at radius 1 is 1.56 bits per heavy atom. The third kappa shape index (κ3) is 1.58. The summed E-state index contributed by atoms with van der Waals surface area (Å²) in [5, 5.41) is 2.87. The Labute approximate surface area is 109 Å². The van der Waals surface area contributed by atoms with Gasteiger partial charge in [0.15, 0.2) is 0 Å². The van der Waals surface area contributed by atoms with Crippen LogP contribution in [-0.4, -0.2) is 23.0 Å². The lowest BCUT2D eigenvalue weighted by molar-refractivity contribution is -0.151. The highest BCUT2D eigenvalue weighted by Gasteiger charge is 2.49. The average molecular weight is 262 g/mol. The van der Waals surface area contributed by atoms with Crippen molar-refractivity contribution < 1.29 is 9.53 Å². The summed E-state index contributed by atoms with van der Waals surface area (Å²) in [6, 6.07) is 3.91. The zero-order valence-electron chi connectivity index (χ0n) is 10.1. The quantitative estimate of drug-likeness (QED) is 0.865. The van der Waals surface area contributed by atoms with E-state index in [1.807, 2.05) is 23.7 Å². The summed E-state index contributed by atoms with van der Waals surface area (Å²) in [7, 11) is 1.45. The molecule has 0 amide bonds. The largest absolute Gasteiger partial charge is 0.468 e. The van der Waals surface area contributed by atoms with Crippen LogP contribution in [0.1, 0.15) is 24.3 Å². The lowest BCUT2D eigenvalue weighted by Crippen LogP contribution is -2.43. The highest BCUT2D eigenvalue weighted by molar-refractivity contribution is 7.10. The Morgan fingerprint density at radius 2 is 2.39 bits per heavy atom. The minimum Gasteiger partial charge on any atom is -0.468 e. The molecule has 4 nitrogen and oxygen atoms in total. The molecule has 0 aliphatic heterocycles. The number of rotatable bonds is 3. The van der Waals surface area contributed by atoms with Gasteiger partial charge in [0.05, 0.1) is 18.5 Å². The summed E-state index contributed by atoms with van der Waals surface area (Å²) >= 11 is 1.54. The SMILES string of the molecule is COC(=O)C1(c2nc(-c3ccc[nH]3)cs2)CCC1. The number of aromatic amines is 1. The molecule has 0 aromatic carbocycles. The van der Waals surface area contributed by atoms with Gasteiger partial charge in [-0.1, -0.05) is 6.42 Å². The number of ether oxygens (including phenoxy) is 1. The highest BCUT2D eigenvalue weighted by atomic mass is 32.1. The molecule has 0 saturated heterocycles. The molecular formula is C13H14N2O2S. The third-order valence-electron chi connectivity index (χ3n) is 3.57. The van der Waals surface area contributed by atoms with Gasteiger partial charge < -0.3 is 9.72 Å². The molecule has 1 aliphatic carbocycles. The van der Waals surface area contributed by atoms with Crippen LogP contribution in [-0.2, 0) is 14.9 Å². The summed E-state index contributed by atoms with van der Waals surface area (Å²) in [6.07, 6.45) is 4.62. The van der Waals surface area contributed by atoms with Gasteiger partial charge in [-0.15, -0.1) is 11.3 Å². The fourth-order valence-corrected chi connectivity index (χ4v) is 3.40. The molecule has 1 N–H and O–H groups in total. The van der Waals surface area contributed by atoms with Crippen molar-refractivity contribution in [3.63, 3.8) is 0 Å². The molecule has 0 spiro atoms. The van der Waals surface area contributed by atoms with E-state index in [1.54, 1.807) is 11.3 Å². The number of methoxy groups -OCH3 is 1. The molecule has 1 saturated carbocycles. The standard InChI is InChI=1S/C13H14N2O2S/c1-17-12(16)13(5-3-6-13)11-15-10(8-18-11)9-4-2-7-14-9/h2,4,7-8,14H,3,5-6H2,1H3. The number of carbonyl (C=O) groups is 1. The number of nitrogens with zero attached hydrogens (tertiary/aromatic N) is 1. The van der Waals surface area contributed by atoms with E-state index in [0.29, 0.717) is 0 Å². The highest BCUT2D eigenvalue weighted by Crippen LogP contribution is 2.46. The van der Waals surface area contributed by atoms with E-state index in [0.717, 1.165) is 35.7 Å². The summed E-state index contributed by atoms with van der Waals surface area (Å²) in [4.78, 5) is 19.7. The maximum Gasteiger partial charge on any atom is 0.318 e. The fourth-order valence-electron chi connectivity index (χ4n) is 2.34. The van der Waals surface area contributed by atoms with Crippen LogP contribution in [0.3, 0.4) is 0 Å². The van der Waals surface area contributed by atoms with Crippen molar-refractivity contribution in [3.8, 4) is 11.4 Å². The number of hydrogen-bond acceptors (Lipinski definition) is 4. The van der Waals surface area contributed by atoms with Gasteiger partial charge >= 0.3 is 5.97 Å². The van der Waals surface area contributed by atoms with Crippen LogP contribution < -0.4 is 0 Å². The Kier molecular flexibility index (Phi) is 2.70. The first-order chi connectivity index (χ1) is 8.76. The fraction of sp³-hybridized carbons (Fsp3) is 0.385. The van der Waals surface area contributed by atoms with Gasteiger partial charge in [-0.25, -0.2) is 4.98 Å². The van der Waals surface area contributed by atoms with E-state index < -0.39 is 5.41 Å². The normalized spacial score (nSPS) is 17.2. The van der Waals surface area contributed by atoms with Gasteiger partial charge in [-0.3, -0.25) is 4.79 Å². The van der Waals surface area contributed by atoms with E-state index >= 15 is 0 Å². The number of nitrogens with one attached hydrogen (secondary N) is 1. The molecule has 0 unspecified atom stereocenters. The number of carbonyl (C=O) groups excluding carboxylic acids is 1. The van der Waals surface area contributed by atoms with Crippen molar-refractivity contribution in [2.75, 3.05) is 7.11 Å². The van der Waals surface area contributed by atoms with E-state index in [1.165, 1.54) is 7.11 Å². The minimum absolute atomic E-state index is 0.152. The molecule has 3 rings (SSSR count). The van der Waals surface area contributed by atoms with E-state index in [4.69, 9.17) is 4.74 Å². The smallest absolute Gasteiger partial charge is 0.318 e. The lowest BCUT2D eigenvalue weighted by atomic mass is 9.69. The van der Waals surface area contributed by atoms with Crippen molar-refractivity contribution >= 4 is 17.3 Å². The second-order valence-corrected chi connectivity index (χ2v) is 5.41. The number of hydrogen-bond donors (Lipinski definition) is 1. The van der Waals surface area contributed by atoms with E-state index in [2.05, 4.69) is 9.97 Å². The molecule has 18 heavy (non-hydrogen) atoms. The average Bonchev–Trinajstić information content (AvgIpc) is 2.97. The van der Waals surface area contributed by atoms with Gasteiger partial charge in [-0.2, -0.15) is 0 Å². The van der Waals surface area contributed by atoms with Crippen LogP contribution in [0, 0.1) is 0 Å². The second kappa shape index (κ2) is 4.24. The van der Waals surface area contributed by atoms with Gasteiger partial charge in [0, 0.05) is 11.6 Å². The molecule has 0 radical (unpaired) electrons. The topological polar surface area (TPSA) is 55.0 Å². The maximum absolute atomic E-state index is 11.9. The molecular weight excluding hydrogens is 248 g/mol. The minimum atomic E-state index is -0.482. The first kappa shape index (κ1) is 11.5. The molecule has 1 fully saturated rings. The molecule has 94 valence electrons. The zero-order valence-corrected chi connectivity index (χ0v) is 10.9. The monoisotopic (exact) mass is 262 g/mol. The van der Waals surface area contributed by atoms with Crippen LogP contribution in [0.25, 0.3) is 11.4 Å². The van der Waals surface area contributed by atoms with Crippen molar-refractivity contribution in [2.45, 2.75) is 24.7 Å². The number of aromatic nitrogens is 2.